The summed E-state index contributed by atoms with van der Waals surface area (Å²) in [6.45, 7) is 1.59. The van der Waals surface area contributed by atoms with Gasteiger partial charge in [0, 0.05) is 23.4 Å². The van der Waals surface area contributed by atoms with Gasteiger partial charge in [0.05, 0.1) is 6.20 Å². The van der Waals surface area contributed by atoms with Crippen LogP contribution in [0.5, 0.6) is 0 Å². The lowest BCUT2D eigenvalue weighted by Crippen LogP contribution is -2.21. The summed E-state index contributed by atoms with van der Waals surface area (Å²) in [6, 6.07) is 7.98. The number of aromatic nitrogens is 2. The summed E-state index contributed by atoms with van der Waals surface area (Å²) in [7, 11) is 1.85. The first-order chi connectivity index (χ1) is 9.56. The van der Waals surface area contributed by atoms with E-state index in [1.54, 1.807) is 30.6 Å². The zero-order valence-corrected chi connectivity index (χ0v) is 11.7. The Morgan fingerprint density at radius 3 is 2.60 bits per heavy atom. The van der Waals surface area contributed by atoms with Crippen molar-refractivity contribution in [2.24, 2.45) is 0 Å². The minimum Gasteiger partial charge on any atom is -0.313 e. The number of nitrogens with one attached hydrogen (secondary N) is 1. The molecule has 0 radical (unpaired) electrons. The zero-order chi connectivity index (χ0) is 14.6. The fraction of sp³-hybridized carbons (Fsp3) is 0.400. The van der Waals surface area contributed by atoms with E-state index in [0.717, 1.165) is 12.0 Å². The summed E-state index contributed by atoms with van der Waals surface area (Å²) in [6.07, 6.45) is 4.21. The van der Waals surface area contributed by atoms with Gasteiger partial charge < -0.3 is 5.32 Å². The van der Waals surface area contributed by atoms with Crippen LogP contribution in [0, 0.1) is 0 Å². The molecule has 0 amide bonds. The molecular formula is C15H19F2N3. The van der Waals surface area contributed by atoms with Gasteiger partial charge in [0.2, 0.25) is 0 Å². The molecule has 1 aromatic carbocycles. The van der Waals surface area contributed by atoms with Crippen molar-refractivity contribution in [1.82, 2.24) is 15.1 Å². The Kier molecular flexibility index (Phi) is 4.49. The largest absolute Gasteiger partial charge is 0.313 e. The van der Waals surface area contributed by atoms with E-state index >= 15 is 0 Å². The lowest BCUT2D eigenvalue weighted by molar-refractivity contribution is -0.0254. The maximum absolute atomic E-state index is 14.1. The molecule has 0 aliphatic carbocycles. The second kappa shape index (κ2) is 6.13. The lowest BCUT2D eigenvalue weighted by Gasteiger charge is -2.16. The van der Waals surface area contributed by atoms with E-state index in [1.807, 2.05) is 14.0 Å². The van der Waals surface area contributed by atoms with E-state index in [2.05, 4.69) is 10.4 Å². The van der Waals surface area contributed by atoms with Crippen molar-refractivity contribution < 1.29 is 8.78 Å². The molecule has 1 atom stereocenters. The minimum atomic E-state index is -2.92. The molecule has 3 nitrogen and oxygen atoms in total. The van der Waals surface area contributed by atoms with Gasteiger partial charge in [-0.25, -0.2) is 0 Å². The summed E-state index contributed by atoms with van der Waals surface area (Å²) in [4.78, 5) is 0. The summed E-state index contributed by atoms with van der Waals surface area (Å²) in [5, 5.41) is 7.18. The first kappa shape index (κ1) is 14.7. The summed E-state index contributed by atoms with van der Waals surface area (Å²) < 4.78 is 29.6. The van der Waals surface area contributed by atoms with Crippen LogP contribution in [0.2, 0.25) is 0 Å². The highest BCUT2D eigenvalue weighted by Gasteiger charge is 2.32. The van der Waals surface area contributed by atoms with Crippen molar-refractivity contribution >= 4 is 0 Å². The monoisotopic (exact) mass is 279 g/mol. The van der Waals surface area contributed by atoms with Gasteiger partial charge in [0.1, 0.15) is 6.54 Å². The Hall–Kier alpha value is -1.75. The molecule has 2 aromatic rings. The molecule has 20 heavy (non-hydrogen) atoms. The molecule has 0 fully saturated rings. The van der Waals surface area contributed by atoms with Gasteiger partial charge in [-0.3, -0.25) is 4.68 Å². The van der Waals surface area contributed by atoms with E-state index in [9.17, 15) is 8.78 Å². The van der Waals surface area contributed by atoms with Crippen molar-refractivity contribution in [1.29, 1.82) is 0 Å². The van der Waals surface area contributed by atoms with Crippen LogP contribution in [0.3, 0.4) is 0 Å². The summed E-state index contributed by atoms with van der Waals surface area (Å²) in [5.74, 6) is -2.92. The first-order valence-electron chi connectivity index (χ1n) is 6.69. The quantitative estimate of drug-likeness (QED) is 0.879. The smallest absolute Gasteiger partial charge is 0.292 e. The van der Waals surface area contributed by atoms with Crippen molar-refractivity contribution in [3.05, 3.63) is 53.9 Å². The van der Waals surface area contributed by atoms with Gasteiger partial charge in [-0.15, -0.1) is 0 Å². The molecule has 2 rings (SSSR count). The molecule has 1 heterocycles. The lowest BCUT2D eigenvalue weighted by atomic mass is 10.1. The predicted molar refractivity (Wildman–Crippen MR) is 74.7 cm³/mol. The van der Waals surface area contributed by atoms with Crippen LogP contribution in [-0.2, 0) is 12.5 Å². The number of hydrogen-bond acceptors (Lipinski definition) is 2. The van der Waals surface area contributed by atoms with Crippen molar-refractivity contribution in [3.63, 3.8) is 0 Å². The average molecular weight is 279 g/mol. The molecule has 108 valence electrons. The number of nitrogens with zero attached hydrogens (tertiary/aromatic N) is 2. The summed E-state index contributed by atoms with van der Waals surface area (Å²) in [5.41, 5.74) is 0.941. The van der Waals surface area contributed by atoms with E-state index in [4.69, 9.17) is 0 Å². The van der Waals surface area contributed by atoms with E-state index in [-0.39, 0.29) is 11.6 Å². The van der Waals surface area contributed by atoms with Gasteiger partial charge in [-0.1, -0.05) is 37.3 Å². The summed E-state index contributed by atoms with van der Waals surface area (Å²) >= 11 is 0. The van der Waals surface area contributed by atoms with Gasteiger partial charge in [-0.2, -0.15) is 13.9 Å². The Balaban J connectivity index is 2.14. The maximum Gasteiger partial charge on any atom is 0.292 e. The van der Waals surface area contributed by atoms with Crippen LogP contribution in [0.25, 0.3) is 0 Å². The standard InChI is InChI=1S/C15H19F2N3/c1-3-14(18-2)12-9-19-20(10-12)11-15(16,17)13-7-5-4-6-8-13/h4-10,14,18H,3,11H2,1-2H3. The third kappa shape index (κ3) is 3.22. The number of halogens is 2. The number of hydrogen-bond donors (Lipinski definition) is 1. The van der Waals surface area contributed by atoms with Crippen molar-refractivity contribution in [3.8, 4) is 0 Å². The number of alkyl halides is 2. The maximum atomic E-state index is 14.1. The Morgan fingerprint density at radius 2 is 2.00 bits per heavy atom. The molecule has 0 aliphatic rings. The normalized spacial score (nSPS) is 13.4. The Bertz CT molecular complexity index is 533. The van der Waals surface area contributed by atoms with Crippen LogP contribution in [0.15, 0.2) is 42.7 Å². The van der Waals surface area contributed by atoms with Gasteiger partial charge in [-0.05, 0) is 13.5 Å². The molecule has 1 aromatic heterocycles. The van der Waals surface area contributed by atoms with Gasteiger partial charge >= 0.3 is 0 Å². The second-order valence-corrected chi connectivity index (χ2v) is 4.79. The molecule has 5 heteroatoms. The fourth-order valence-corrected chi connectivity index (χ4v) is 2.23. The van der Waals surface area contributed by atoms with Crippen LogP contribution in [-0.4, -0.2) is 16.8 Å². The van der Waals surface area contributed by atoms with Crippen molar-refractivity contribution in [2.45, 2.75) is 31.9 Å². The van der Waals surface area contributed by atoms with Gasteiger partial charge in [0.25, 0.3) is 5.92 Å². The van der Waals surface area contributed by atoms with E-state index < -0.39 is 12.5 Å². The molecule has 0 saturated heterocycles. The number of benzene rings is 1. The third-order valence-corrected chi connectivity index (χ3v) is 3.37. The molecule has 1 unspecified atom stereocenters. The molecule has 0 spiro atoms. The first-order valence-corrected chi connectivity index (χ1v) is 6.69. The molecule has 0 aliphatic heterocycles. The Labute approximate surface area is 117 Å². The van der Waals surface area contributed by atoms with Crippen LogP contribution in [0.1, 0.15) is 30.5 Å². The SMILES string of the molecule is CCC(NC)c1cnn(CC(F)(F)c2ccccc2)c1. The topological polar surface area (TPSA) is 29.9 Å². The van der Waals surface area contributed by atoms with E-state index in [0.29, 0.717) is 0 Å². The number of rotatable bonds is 6. The van der Waals surface area contributed by atoms with Crippen LogP contribution < -0.4 is 5.32 Å². The highest BCUT2D eigenvalue weighted by Crippen LogP contribution is 2.29. The van der Waals surface area contributed by atoms with Crippen LogP contribution >= 0.6 is 0 Å². The fourth-order valence-electron chi connectivity index (χ4n) is 2.23. The van der Waals surface area contributed by atoms with Crippen molar-refractivity contribution in [2.75, 3.05) is 7.05 Å². The Morgan fingerprint density at radius 1 is 1.30 bits per heavy atom. The highest BCUT2D eigenvalue weighted by molar-refractivity contribution is 5.20. The molecule has 0 saturated carbocycles. The van der Waals surface area contributed by atoms with Gasteiger partial charge in [0.15, 0.2) is 0 Å². The minimum absolute atomic E-state index is 0.0118. The molecular weight excluding hydrogens is 260 g/mol. The highest BCUT2D eigenvalue weighted by atomic mass is 19.3. The van der Waals surface area contributed by atoms with E-state index in [1.165, 1.54) is 16.8 Å². The average Bonchev–Trinajstić information content (AvgIpc) is 2.89. The third-order valence-electron chi connectivity index (χ3n) is 3.37. The van der Waals surface area contributed by atoms with Crippen LogP contribution in [0.4, 0.5) is 8.78 Å². The molecule has 1 N–H and O–H groups in total. The predicted octanol–water partition coefficient (Wildman–Crippen LogP) is 3.35. The zero-order valence-electron chi connectivity index (χ0n) is 11.7. The molecule has 0 bridgehead atoms. The second-order valence-electron chi connectivity index (χ2n) is 4.79.